The minimum Gasteiger partial charge on any atom is -0.326 e. The first-order chi connectivity index (χ1) is 6.31. The molecule has 0 amide bonds. The van der Waals surface area contributed by atoms with Crippen LogP contribution in [0.4, 0.5) is 0 Å². The van der Waals surface area contributed by atoms with Crippen LogP contribution in [-0.4, -0.2) is 4.98 Å². The van der Waals surface area contributed by atoms with Crippen molar-refractivity contribution in [1.82, 2.24) is 4.98 Å². The zero-order valence-electron chi connectivity index (χ0n) is 7.62. The molecule has 0 saturated heterocycles. The van der Waals surface area contributed by atoms with Crippen molar-refractivity contribution in [2.24, 2.45) is 5.73 Å². The van der Waals surface area contributed by atoms with Gasteiger partial charge in [-0.05, 0) is 24.6 Å². The Morgan fingerprint density at radius 2 is 2.08 bits per heavy atom. The normalized spacial score (nSPS) is 10.6. The maximum Gasteiger partial charge on any atom is 0.0708 e. The van der Waals surface area contributed by atoms with E-state index in [0.29, 0.717) is 6.54 Å². The summed E-state index contributed by atoms with van der Waals surface area (Å²) in [5.41, 5.74) is 8.86. The highest BCUT2D eigenvalue weighted by molar-refractivity contribution is 5.82. The smallest absolute Gasteiger partial charge is 0.0708 e. The number of rotatable bonds is 1. The van der Waals surface area contributed by atoms with Gasteiger partial charge in [0.1, 0.15) is 0 Å². The number of aryl methyl sites for hydroxylation is 1. The predicted octanol–water partition coefficient (Wildman–Crippen LogP) is 2.00. The molecule has 66 valence electrons. The summed E-state index contributed by atoms with van der Waals surface area (Å²) in [5.74, 6) is 0. The van der Waals surface area contributed by atoms with E-state index in [1.54, 1.807) is 0 Å². The largest absolute Gasteiger partial charge is 0.326 e. The van der Waals surface area contributed by atoms with Crippen molar-refractivity contribution >= 4 is 10.9 Å². The summed E-state index contributed by atoms with van der Waals surface area (Å²) in [4.78, 5) is 4.43. The predicted molar refractivity (Wildman–Crippen MR) is 54.4 cm³/mol. The van der Waals surface area contributed by atoms with Gasteiger partial charge in [0.2, 0.25) is 0 Å². The Morgan fingerprint density at radius 3 is 2.85 bits per heavy atom. The van der Waals surface area contributed by atoms with Gasteiger partial charge < -0.3 is 5.73 Å². The van der Waals surface area contributed by atoms with E-state index < -0.39 is 0 Å². The molecule has 0 atom stereocenters. The molecule has 0 saturated carbocycles. The third-order valence-electron chi connectivity index (χ3n) is 2.18. The third kappa shape index (κ3) is 1.40. The molecule has 0 aliphatic rings. The van der Waals surface area contributed by atoms with E-state index in [0.717, 1.165) is 22.2 Å². The van der Waals surface area contributed by atoms with Crippen LogP contribution >= 0.6 is 0 Å². The van der Waals surface area contributed by atoms with Crippen LogP contribution in [0.2, 0.25) is 0 Å². The number of aromatic nitrogens is 1. The lowest BCUT2D eigenvalue weighted by Gasteiger charge is -2.03. The summed E-state index contributed by atoms with van der Waals surface area (Å²) in [6.07, 6.45) is 0. The van der Waals surface area contributed by atoms with Crippen molar-refractivity contribution in [3.8, 4) is 0 Å². The van der Waals surface area contributed by atoms with E-state index in [4.69, 9.17) is 5.73 Å². The highest BCUT2D eigenvalue weighted by Crippen LogP contribution is 2.16. The Morgan fingerprint density at radius 1 is 1.23 bits per heavy atom. The highest BCUT2D eigenvalue weighted by Gasteiger charge is 1.99. The van der Waals surface area contributed by atoms with E-state index in [2.05, 4.69) is 11.1 Å². The number of hydrogen-bond donors (Lipinski definition) is 1. The van der Waals surface area contributed by atoms with Crippen molar-refractivity contribution < 1.29 is 0 Å². The molecule has 2 heteroatoms. The molecule has 2 nitrogen and oxygen atoms in total. The van der Waals surface area contributed by atoms with Gasteiger partial charge in [-0.25, -0.2) is 0 Å². The fraction of sp³-hybridized carbons (Fsp3) is 0.182. The van der Waals surface area contributed by atoms with Crippen molar-refractivity contribution in [3.05, 3.63) is 41.6 Å². The van der Waals surface area contributed by atoms with E-state index in [-0.39, 0.29) is 0 Å². The van der Waals surface area contributed by atoms with E-state index >= 15 is 0 Å². The number of fused-ring (bicyclic) bond motifs is 1. The van der Waals surface area contributed by atoms with Crippen LogP contribution in [-0.2, 0) is 6.54 Å². The first-order valence-electron chi connectivity index (χ1n) is 4.36. The van der Waals surface area contributed by atoms with Gasteiger partial charge in [0, 0.05) is 17.6 Å². The molecule has 13 heavy (non-hydrogen) atoms. The second kappa shape index (κ2) is 3.15. The minimum atomic E-state index is 0.572. The lowest BCUT2D eigenvalue weighted by molar-refractivity contribution is 1.08. The molecule has 0 radical (unpaired) electrons. The molecule has 2 rings (SSSR count). The molecule has 0 aliphatic carbocycles. The maximum atomic E-state index is 5.63. The van der Waals surface area contributed by atoms with E-state index in [9.17, 15) is 0 Å². The molecule has 0 unspecified atom stereocenters. The third-order valence-corrected chi connectivity index (χ3v) is 2.18. The average molecular weight is 172 g/mol. The van der Waals surface area contributed by atoms with Crippen molar-refractivity contribution in [2.45, 2.75) is 13.5 Å². The zero-order valence-corrected chi connectivity index (χ0v) is 7.62. The van der Waals surface area contributed by atoms with E-state index in [1.165, 1.54) is 0 Å². The average Bonchev–Trinajstić information content (AvgIpc) is 2.16. The van der Waals surface area contributed by atoms with Gasteiger partial charge >= 0.3 is 0 Å². The lowest BCUT2D eigenvalue weighted by Crippen LogP contribution is -1.97. The second-order valence-electron chi connectivity index (χ2n) is 3.14. The fourth-order valence-electron chi connectivity index (χ4n) is 1.50. The summed E-state index contributed by atoms with van der Waals surface area (Å²) in [7, 11) is 0. The molecule has 0 bridgehead atoms. The highest BCUT2D eigenvalue weighted by atomic mass is 14.7. The number of nitrogens with two attached hydrogens (primary N) is 1. The number of hydrogen-bond acceptors (Lipinski definition) is 2. The van der Waals surface area contributed by atoms with Crippen LogP contribution in [0.25, 0.3) is 10.9 Å². The lowest BCUT2D eigenvalue weighted by atomic mass is 10.1. The molecule has 1 aromatic heterocycles. The van der Waals surface area contributed by atoms with Crippen LogP contribution in [0.3, 0.4) is 0 Å². The molecule has 1 aromatic carbocycles. The Kier molecular flexibility index (Phi) is 1.99. The van der Waals surface area contributed by atoms with Crippen LogP contribution < -0.4 is 5.73 Å². The second-order valence-corrected chi connectivity index (χ2v) is 3.14. The van der Waals surface area contributed by atoms with Gasteiger partial charge in [-0.15, -0.1) is 0 Å². The van der Waals surface area contributed by atoms with Gasteiger partial charge in [-0.2, -0.15) is 0 Å². The molecule has 2 N–H and O–H groups in total. The molecular formula is C11H12N2. The summed E-state index contributed by atoms with van der Waals surface area (Å²) in [5, 5.41) is 1.16. The maximum absolute atomic E-state index is 5.63. The van der Waals surface area contributed by atoms with Gasteiger partial charge in [-0.1, -0.05) is 18.2 Å². The Bertz CT molecular complexity index is 435. The molecule has 0 spiro atoms. The van der Waals surface area contributed by atoms with Gasteiger partial charge in [0.25, 0.3) is 0 Å². The quantitative estimate of drug-likeness (QED) is 0.714. The van der Waals surface area contributed by atoms with Gasteiger partial charge in [-0.3, -0.25) is 4.98 Å². The van der Waals surface area contributed by atoms with Crippen molar-refractivity contribution in [3.63, 3.8) is 0 Å². The van der Waals surface area contributed by atoms with Crippen LogP contribution in [0.5, 0.6) is 0 Å². The first-order valence-corrected chi connectivity index (χ1v) is 4.36. The molecule has 2 aromatic rings. The number of pyridine rings is 1. The van der Waals surface area contributed by atoms with Crippen molar-refractivity contribution in [2.75, 3.05) is 0 Å². The van der Waals surface area contributed by atoms with E-state index in [1.807, 2.05) is 31.2 Å². The van der Waals surface area contributed by atoms with Gasteiger partial charge in [0.05, 0.1) is 5.52 Å². The fourth-order valence-corrected chi connectivity index (χ4v) is 1.50. The minimum absolute atomic E-state index is 0.572. The summed E-state index contributed by atoms with van der Waals surface area (Å²) in [6.45, 7) is 2.57. The molecule has 0 fully saturated rings. The standard InChI is InChI=1S/C11H12N2/c1-8-5-6-10-9(7-12)3-2-4-11(10)13-8/h2-6H,7,12H2,1H3. The zero-order chi connectivity index (χ0) is 9.26. The Balaban J connectivity index is 2.77. The Labute approximate surface area is 77.4 Å². The summed E-state index contributed by atoms with van der Waals surface area (Å²) in [6, 6.07) is 10.2. The van der Waals surface area contributed by atoms with Crippen LogP contribution in [0.1, 0.15) is 11.3 Å². The summed E-state index contributed by atoms with van der Waals surface area (Å²) >= 11 is 0. The molecule has 0 aliphatic heterocycles. The molecular weight excluding hydrogens is 160 g/mol. The van der Waals surface area contributed by atoms with Crippen LogP contribution in [0, 0.1) is 6.92 Å². The monoisotopic (exact) mass is 172 g/mol. The first kappa shape index (κ1) is 8.20. The SMILES string of the molecule is Cc1ccc2c(CN)cccc2n1. The van der Waals surface area contributed by atoms with Crippen LogP contribution in [0.15, 0.2) is 30.3 Å². The summed E-state index contributed by atoms with van der Waals surface area (Å²) < 4.78 is 0. The number of benzene rings is 1. The van der Waals surface area contributed by atoms with Crippen molar-refractivity contribution in [1.29, 1.82) is 0 Å². The molecule has 1 heterocycles. The van der Waals surface area contributed by atoms with Gasteiger partial charge in [0.15, 0.2) is 0 Å². The Hall–Kier alpha value is -1.41. The topological polar surface area (TPSA) is 38.9 Å². The number of nitrogens with zero attached hydrogens (tertiary/aromatic N) is 1.